The number of hydrogen-bond donors (Lipinski definition) is 1. The topological polar surface area (TPSA) is 46.3 Å². The number of anilines is 1. The Morgan fingerprint density at radius 1 is 1.31 bits per heavy atom. The highest BCUT2D eigenvalue weighted by Crippen LogP contribution is 2.19. The van der Waals surface area contributed by atoms with Gasteiger partial charge in [0.25, 0.3) is 0 Å². The Kier molecular flexibility index (Phi) is 2.90. The fourth-order valence-electron chi connectivity index (χ4n) is 1.29. The molecule has 4 heteroatoms. The summed E-state index contributed by atoms with van der Waals surface area (Å²) in [6, 6.07) is 9.27. The number of amides is 1. The lowest BCUT2D eigenvalue weighted by Crippen LogP contribution is -2.61. The SMILES string of the molecule is Cl.NC1CN(c2ccccc2)C1=O. The van der Waals surface area contributed by atoms with E-state index in [2.05, 4.69) is 0 Å². The third-order valence-corrected chi connectivity index (χ3v) is 2.03. The van der Waals surface area contributed by atoms with Crippen molar-refractivity contribution in [2.75, 3.05) is 11.4 Å². The van der Waals surface area contributed by atoms with E-state index in [-0.39, 0.29) is 24.4 Å². The predicted molar refractivity (Wildman–Crippen MR) is 54.0 cm³/mol. The summed E-state index contributed by atoms with van der Waals surface area (Å²) in [5, 5.41) is 0. The molecule has 0 spiro atoms. The van der Waals surface area contributed by atoms with E-state index >= 15 is 0 Å². The highest BCUT2D eigenvalue weighted by molar-refractivity contribution is 6.03. The minimum atomic E-state index is -0.287. The normalized spacial score (nSPS) is 20.5. The average Bonchev–Trinajstić information content (AvgIpc) is 2.15. The third kappa shape index (κ3) is 1.66. The summed E-state index contributed by atoms with van der Waals surface area (Å²) >= 11 is 0. The molecule has 1 aliphatic rings. The van der Waals surface area contributed by atoms with Gasteiger partial charge in [-0.15, -0.1) is 12.4 Å². The van der Waals surface area contributed by atoms with Crippen molar-refractivity contribution in [2.24, 2.45) is 5.73 Å². The molecule has 1 aromatic carbocycles. The van der Waals surface area contributed by atoms with Gasteiger partial charge in [0.2, 0.25) is 5.91 Å². The van der Waals surface area contributed by atoms with Crippen LogP contribution in [0.1, 0.15) is 0 Å². The minimum Gasteiger partial charge on any atom is -0.318 e. The van der Waals surface area contributed by atoms with Gasteiger partial charge in [-0.2, -0.15) is 0 Å². The number of halogens is 1. The van der Waals surface area contributed by atoms with Gasteiger partial charge in [-0.1, -0.05) is 18.2 Å². The number of carbonyl (C=O) groups excluding carboxylic acids is 1. The van der Waals surface area contributed by atoms with E-state index in [1.54, 1.807) is 4.90 Å². The average molecular weight is 199 g/mol. The van der Waals surface area contributed by atoms with Crippen LogP contribution in [0.4, 0.5) is 5.69 Å². The van der Waals surface area contributed by atoms with Gasteiger partial charge in [0.05, 0.1) is 6.54 Å². The number of rotatable bonds is 1. The molecule has 1 fully saturated rings. The van der Waals surface area contributed by atoms with Gasteiger partial charge in [-0.25, -0.2) is 0 Å². The maximum Gasteiger partial charge on any atom is 0.245 e. The summed E-state index contributed by atoms with van der Waals surface area (Å²) in [6.07, 6.45) is 0. The first kappa shape index (κ1) is 10.0. The molecule has 1 aliphatic heterocycles. The van der Waals surface area contributed by atoms with Crippen LogP contribution in [0.25, 0.3) is 0 Å². The van der Waals surface area contributed by atoms with Gasteiger partial charge >= 0.3 is 0 Å². The highest BCUT2D eigenvalue weighted by Gasteiger charge is 2.34. The number of benzene rings is 1. The number of β-lactam (4-membered cyclic amide) rings is 1. The van der Waals surface area contributed by atoms with E-state index in [1.807, 2.05) is 30.3 Å². The van der Waals surface area contributed by atoms with Gasteiger partial charge < -0.3 is 10.6 Å². The molecular weight excluding hydrogens is 188 g/mol. The molecule has 1 heterocycles. The van der Waals surface area contributed by atoms with Crippen molar-refractivity contribution in [2.45, 2.75) is 6.04 Å². The molecule has 0 saturated carbocycles. The number of hydrogen-bond acceptors (Lipinski definition) is 2. The lowest BCUT2D eigenvalue weighted by atomic mass is 10.1. The summed E-state index contributed by atoms with van der Waals surface area (Å²) < 4.78 is 0. The Hall–Kier alpha value is -1.06. The molecule has 2 N–H and O–H groups in total. The zero-order valence-corrected chi connectivity index (χ0v) is 7.83. The Labute approximate surface area is 82.9 Å². The van der Waals surface area contributed by atoms with Crippen LogP contribution in [0.15, 0.2) is 30.3 Å². The highest BCUT2D eigenvalue weighted by atomic mass is 35.5. The molecule has 1 amide bonds. The zero-order chi connectivity index (χ0) is 8.55. The van der Waals surface area contributed by atoms with Gasteiger partial charge in [-0.3, -0.25) is 4.79 Å². The van der Waals surface area contributed by atoms with Crippen LogP contribution < -0.4 is 10.6 Å². The maximum atomic E-state index is 11.2. The first-order chi connectivity index (χ1) is 5.79. The number of para-hydroxylation sites is 1. The predicted octanol–water partition coefficient (Wildman–Crippen LogP) is 0.782. The minimum absolute atomic E-state index is 0. The molecule has 0 aromatic heterocycles. The fraction of sp³-hybridized carbons (Fsp3) is 0.222. The Bertz CT molecular complexity index is 302. The van der Waals surface area contributed by atoms with Crippen molar-refractivity contribution >= 4 is 24.0 Å². The van der Waals surface area contributed by atoms with Crippen LogP contribution >= 0.6 is 12.4 Å². The van der Waals surface area contributed by atoms with Crippen molar-refractivity contribution in [3.63, 3.8) is 0 Å². The third-order valence-electron chi connectivity index (χ3n) is 2.03. The number of carbonyl (C=O) groups is 1. The van der Waals surface area contributed by atoms with E-state index in [0.29, 0.717) is 6.54 Å². The lowest BCUT2D eigenvalue weighted by Gasteiger charge is -2.35. The molecule has 0 bridgehead atoms. The quantitative estimate of drug-likeness (QED) is 0.678. The van der Waals surface area contributed by atoms with Crippen molar-refractivity contribution < 1.29 is 4.79 Å². The maximum absolute atomic E-state index is 11.2. The summed E-state index contributed by atoms with van der Waals surface area (Å²) in [5.74, 6) is 0.0150. The second-order valence-electron chi connectivity index (χ2n) is 2.89. The first-order valence-corrected chi connectivity index (χ1v) is 3.91. The molecule has 3 nitrogen and oxygen atoms in total. The van der Waals surface area contributed by atoms with Crippen molar-refractivity contribution in [3.8, 4) is 0 Å². The van der Waals surface area contributed by atoms with Crippen molar-refractivity contribution in [1.82, 2.24) is 0 Å². The zero-order valence-electron chi connectivity index (χ0n) is 7.01. The standard InChI is InChI=1S/C9H10N2O.ClH/c10-8-6-11(9(8)12)7-4-2-1-3-5-7;/h1-5,8H,6,10H2;1H. The van der Waals surface area contributed by atoms with Crippen LogP contribution in [0.3, 0.4) is 0 Å². The van der Waals surface area contributed by atoms with Crippen LogP contribution in [0.2, 0.25) is 0 Å². The molecule has 0 radical (unpaired) electrons. The van der Waals surface area contributed by atoms with Gasteiger partial charge in [0.1, 0.15) is 6.04 Å². The van der Waals surface area contributed by atoms with Gasteiger partial charge in [-0.05, 0) is 12.1 Å². The van der Waals surface area contributed by atoms with Crippen LogP contribution in [-0.2, 0) is 4.79 Å². The van der Waals surface area contributed by atoms with Gasteiger partial charge in [0.15, 0.2) is 0 Å². The molecule has 1 aromatic rings. The second kappa shape index (κ2) is 3.77. The Morgan fingerprint density at radius 3 is 2.38 bits per heavy atom. The van der Waals surface area contributed by atoms with Crippen LogP contribution in [0.5, 0.6) is 0 Å². The summed E-state index contributed by atoms with van der Waals surface area (Å²) in [7, 11) is 0. The van der Waals surface area contributed by atoms with Crippen molar-refractivity contribution in [3.05, 3.63) is 30.3 Å². The van der Waals surface area contributed by atoms with Crippen LogP contribution in [0, 0.1) is 0 Å². The first-order valence-electron chi connectivity index (χ1n) is 3.91. The summed E-state index contributed by atoms with van der Waals surface area (Å²) in [4.78, 5) is 12.8. The molecular formula is C9H11ClN2O. The monoisotopic (exact) mass is 198 g/mol. The van der Waals surface area contributed by atoms with Gasteiger partial charge in [0, 0.05) is 5.69 Å². The van der Waals surface area contributed by atoms with E-state index in [1.165, 1.54) is 0 Å². The molecule has 1 saturated heterocycles. The van der Waals surface area contributed by atoms with Crippen LogP contribution in [-0.4, -0.2) is 18.5 Å². The largest absolute Gasteiger partial charge is 0.318 e. The van der Waals surface area contributed by atoms with E-state index in [0.717, 1.165) is 5.69 Å². The Balaban J connectivity index is 0.000000845. The van der Waals surface area contributed by atoms with Crippen molar-refractivity contribution in [1.29, 1.82) is 0 Å². The number of nitrogens with zero attached hydrogens (tertiary/aromatic N) is 1. The molecule has 1 unspecified atom stereocenters. The summed E-state index contributed by atoms with van der Waals surface area (Å²) in [5.41, 5.74) is 6.39. The molecule has 13 heavy (non-hydrogen) atoms. The smallest absolute Gasteiger partial charge is 0.245 e. The second-order valence-corrected chi connectivity index (χ2v) is 2.89. The molecule has 1 atom stereocenters. The molecule has 70 valence electrons. The molecule has 0 aliphatic carbocycles. The van der Waals surface area contributed by atoms with E-state index < -0.39 is 0 Å². The van der Waals surface area contributed by atoms with E-state index in [9.17, 15) is 4.79 Å². The fourth-order valence-corrected chi connectivity index (χ4v) is 1.29. The summed E-state index contributed by atoms with van der Waals surface area (Å²) in [6.45, 7) is 0.642. The lowest BCUT2D eigenvalue weighted by molar-refractivity contribution is -0.123. The van der Waals surface area contributed by atoms with E-state index in [4.69, 9.17) is 5.73 Å². The number of nitrogens with two attached hydrogens (primary N) is 1. The Morgan fingerprint density at radius 2 is 1.92 bits per heavy atom. The molecule has 2 rings (SSSR count).